The number of rotatable bonds is 3. The van der Waals surface area contributed by atoms with Crippen LogP contribution < -0.4 is 19.7 Å². The third-order valence-corrected chi connectivity index (χ3v) is 4.28. The number of carbonyl (C=O) groups excluding carboxylic acids is 2. The number of fused-ring (bicyclic) bond motifs is 1. The summed E-state index contributed by atoms with van der Waals surface area (Å²) >= 11 is 0. The lowest BCUT2D eigenvalue weighted by atomic mass is 10.1. The first-order valence-electron chi connectivity index (χ1n) is 7.86. The van der Waals surface area contributed by atoms with E-state index in [9.17, 15) is 14.0 Å². The Morgan fingerprint density at radius 3 is 2.68 bits per heavy atom. The number of nitrogens with zero attached hydrogens (tertiary/aromatic N) is 1. The second kappa shape index (κ2) is 6.08. The second-order valence-corrected chi connectivity index (χ2v) is 5.94. The Morgan fingerprint density at radius 1 is 1.12 bits per heavy atom. The van der Waals surface area contributed by atoms with Crippen LogP contribution in [-0.2, 0) is 9.59 Å². The number of nitrogens with one attached hydrogen (secondary N) is 1. The van der Waals surface area contributed by atoms with Gasteiger partial charge >= 0.3 is 0 Å². The van der Waals surface area contributed by atoms with Crippen molar-refractivity contribution < 1.29 is 23.5 Å². The molecule has 2 amide bonds. The van der Waals surface area contributed by atoms with Crippen LogP contribution >= 0.6 is 0 Å². The van der Waals surface area contributed by atoms with E-state index in [4.69, 9.17) is 9.47 Å². The standard InChI is InChI=1S/C18H15FN2O4/c19-12-1-3-13(4-2-12)20-18(23)11-7-17(22)21(9-11)14-5-6-15-16(8-14)25-10-24-15/h1-6,8,11H,7,9-10H2,(H,20,23). The highest BCUT2D eigenvalue weighted by molar-refractivity contribution is 6.03. The van der Waals surface area contributed by atoms with E-state index in [2.05, 4.69) is 5.32 Å². The van der Waals surface area contributed by atoms with Crippen molar-refractivity contribution in [2.75, 3.05) is 23.6 Å². The number of amides is 2. The normalized spacial score (nSPS) is 18.5. The van der Waals surface area contributed by atoms with Crippen molar-refractivity contribution in [3.63, 3.8) is 0 Å². The molecule has 6 nitrogen and oxygen atoms in total. The number of carbonyl (C=O) groups is 2. The zero-order chi connectivity index (χ0) is 17.4. The van der Waals surface area contributed by atoms with Gasteiger partial charge in [0.25, 0.3) is 0 Å². The molecular formula is C18H15FN2O4. The number of halogens is 1. The first-order valence-corrected chi connectivity index (χ1v) is 7.86. The van der Waals surface area contributed by atoms with E-state index in [-0.39, 0.29) is 37.4 Å². The maximum atomic E-state index is 12.9. The molecule has 2 aromatic rings. The molecule has 4 rings (SSSR count). The molecule has 0 aromatic heterocycles. The number of hydrogen-bond donors (Lipinski definition) is 1. The lowest BCUT2D eigenvalue weighted by molar-refractivity contribution is -0.122. The van der Waals surface area contributed by atoms with Crippen LogP contribution in [0.2, 0.25) is 0 Å². The Labute approximate surface area is 143 Å². The quantitative estimate of drug-likeness (QED) is 0.931. The predicted octanol–water partition coefficient (Wildman–Crippen LogP) is 2.55. The van der Waals surface area contributed by atoms with Gasteiger partial charge in [-0.2, -0.15) is 0 Å². The SMILES string of the molecule is O=C(Nc1ccc(F)cc1)C1CC(=O)N(c2ccc3c(c2)OCO3)C1. The minimum absolute atomic E-state index is 0.126. The molecule has 1 atom stereocenters. The van der Waals surface area contributed by atoms with Gasteiger partial charge in [0.15, 0.2) is 11.5 Å². The molecule has 2 aliphatic rings. The third-order valence-electron chi connectivity index (χ3n) is 4.28. The number of hydrogen-bond acceptors (Lipinski definition) is 4. The zero-order valence-corrected chi connectivity index (χ0v) is 13.2. The van der Waals surface area contributed by atoms with Gasteiger partial charge in [0.05, 0.1) is 5.92 Å². The third kappa shape index (κ3) is 3.00. The minimum Gasteiger partial charge on any atom is -0.454 e. The van der Waals surface area contributed by atoms with Crippen molar-refractivity contribution in [2.24, 2.45) is 5.92 Å². The fraction of sp³-hybridized carbons (Fsp3) is 0.222. The van der Waals surface area contributed by atoms with Crippen molar-refractivity contribution in [2.45, 2.75) is 6.42 Å². The van der Waals surface area contributed by atoms with E-state index in [0.717, 1.165) is 0 Å². The molecule has 2 aliphatic heterocycles. The predicted molar refractivity (Wildman–Crippen MR) is 88.1 cm³/mol. The molecule has 1 N–H and O–H groups in total. The fourth-order valence-corrected chi connectivity index (χ4v) is 2.96. The Kier molecular flexibility index (Phi) is 3.76. The van der Waals surface area contributed by atoms with Crippen LogP contribution in [0.1, 0.15) is 6.42 Å². The Balaban J connectivity index is 1.46. The molecule has 0 spiro atoms. The Morgan fingerprint density at radius 2 is 1.88 bits per heavy atom. The van der Waals surface area contributed by atoms with Crippen LogP contribution in [0.3, 0.4) is 0 Å². The molecule has 1 saturated heterocycles. The van der Waals surface area contributed by atoms with Crippen molar-refractivity contribution in [3.05, 3.63) is 48.3 Å². The summed E-state index contributed by atoms with van der Waals surface area (Å²) in [5.41, 5.74) is 1.17. The smallest absolute Gasteiger partial charge is 0.231 e. The van der Waals surface area contributed by atoms with Crippen LogP contribution in [-0.4, -0.2) is 25.2 Å². The zero-order valence-electron chi connectivity index (χ0n) is 13.2. The Bertz CT molecular complexity index is 837. The monoisotopic (exact) mass is 342 g/mol. The van der Waals surface area contributed by atoms with Crippen LogP contribution in [0.25, 0.3) is 0 Å². The molecule has 25 heavy (non-hydrogen) atoms. The average molecular weight is 342 g/mol. The number of anilines is 2. The van der Waals surface area contributed by atoms with E-state index >= 15 is 0 Å². The van der Waals surface area contributed by atoms with Crippen molar-refractivity contribution in [1.29, 1.82) is 0 Å². The summed E-state index contributed by atoms with van der Waals surface area (Å²) in [6.07, 6.45) is 0.126. The maximum absolute atomic E-state index is 12.9. The van der Waals surface area contributed by atoms with Crippen LogP contribution in [0.5, 0.6) is 11.5 Å². The molecule has 0 radical (unpaired) electrons. The van der Waals surface area contributed by atoms with Crippen LogP contribution in [0.15, 0.2) is 42.5 Å². The molecule has 128 valence electrons. The summed E-state index contributed by atoms with van der Waals surface area (Å²) in [6, 6.07) is 10.8. The molecular weight excluding hydrogens is 327 g/mol. The van der Waals surface area contributed by atoms with E-state index in [1.54, 1.807) is 23.1 Å². The first-order chi connectivity index (χ1) is 12.1. The summed E-state index contributed by atoms with van der Waals surface area (Å²) in [6.45, 7) is 0.445. The second-order valence-electron chi connectivity index (χ2n) is 5.94. The molecule has 2 heterocycles. The molecule has 1 fully saturated rings. The molecule has 1 unspecified atom stereocenters. The summed E-state index contributed by atoms with van der Waals surface area (Å²) in [4.78, 5) is 26.3. The highest BCUT2D eigenvalue weighted by atomic mass is 19.1. The van der Waals surface area contributed by atoms with Gasteiger partial charge in [-0.15, -0.1) is 0 Å². The molecule has 0 aliphatic carbocycles. The highest BCUT2D eigenvalue weighted by Gasteiger charge is 2.35. The molecule has 7 heteroatoms. The van der Waals surface area contributed by atoms with E-state index in [1.807, 2.05) is 0 Å². The molecule has 0 saturated carbocycles. The number of benzene rings is 2. The van der Waals surface area contributed by atoms with Crippen LogP contribution in [0, 0.1) is 11.7 Å². The van der Waals surface area contributed by atoms with Gasteiger partial charge in [0.2, 0.25) is 18.6 Å². The van der Waals surface area contributed by atoms with Gasteiger partial charge in [-0.3, -0.25) is 9.59 Å². The maximum Gasteiger partial charge on any atom is 0.231 e. The lowest BCUT2D eigenvalue weighted by Crippen LogP contribution is -2.28. The van der Waals surface area contributed by atoms with Gasteiger partial charge in [-0.1, -0.05) is 0 Å². The van der Waals surface area contributed by atoms with Gasteiger partial charge in [-0.25, -0.2) is 4.39 Å². The number of ether oxygens (including phenoxy) is 2. The minimum atomic E-state index is -0.469. The van der Waals surface area contributed by atoms with E-state index < -0.39 is 5.92 Å². The summed E-state index contributed by atoms with van der Waals surface area (Å²) in [5, 5.41) is 2.72. The average Bonchev–Trinajstić information content (AvgIpc) is 3.22. The Hall–Kier alpha value is -3.09. The topological polar surface area (TPSA) is 67.9 Å². The summed E-state index contributed by atoms with van der Waals surface area (Å²) in [7, 11) is 0. The van der Waals surface area contributed by atoms with E-state index in [0.29, 0.717) is 22.9 Å². The van der Waals surface area contributed by atoms with Crippen molar-refractivity contribution in [1.82, 2.24) is 0 Å². The lowest BCUT2D eigenvalue weighted by Gasteiger charge is -2.17. The van der Waals surface area contributed by atoms with Crippen molar-refractivity contribution >= 4 is 23.2 Å². The fourth-order valence-electron chi connectivity index (χ4n) is 2.96. The molecule has 2 aromatic carbocycles. The first kappa shape index (κ1) is 15.4. The van der Waals surface area contributed by atoms with Gasteiger partial charge in [-0.05, 0) is 36.4 Å². The van der Waals surface area contributed by atoms with Gasteiger partial charge < -0.3 is 19.7 Å². The van der Waals surface area contributed by atoms with Crippen molar-refractivity contribution in [3.8, 4) is 11.5 Å². The highest BCUT2D eigenvalue weighted by Crippen LogP contribution is 2.37. The van der Waals surface area contributed by atoms with E-state index in [1.165, 1.54) is 24.3 Å². The van der Waals surface area contributed by atoms with Gasteiger partial charge in [0.1, 0.15) is 5.82 Å². The van der Waals surface area contributed by atoms with Gasteiger partial charge in [0, 0.05) is 30.4 Å². The molecule has 0 bridgehead atoms. The van der Waals surface area contributed by atoms with Crippen LogP contribution in [0.4, 0.5) is 15.8 Å². The summed E-state index contributed by atoms with van der Waals surface area (Å²) in [5.74, 6) is -0.00200. The summed E-state index contributed by atoms with van der Waals surface area (Å²) < 4.78 is 23.5. The largest absolute Gasteiger partial charge is 0.454 e.